The van der Waals surface area contributed by atoms with Gasteiger partial charge in [-0.05, 0) is 6.42 Å². The number of anilines is 1. The third-order valence-corrected chi connectivity index (χ3v) is 1.77. The molecular formula is C10H14N2O3. The van der Waals surface area contributed by atoms with E-state index < -0.39 is 5.97 Å². The molecule has 0 saturated carbocycles. The lowest BCUT2D eigenvalue weighted by atomic mass is 10.2. The number of nitrogens with two attached hydrogens (primary N) is 1. The van der Waals surface area contributed by atoms with Crippen molar-refractivity contribution in [1.29, 1.82) is 0 Å². The van der Waals surface area contributed by atoms with Gasteiger partial charge in [0, 0.05) is 6.07 Å². The molecule has 0 bridgehead atoms. The second kappa shape index (κ2) is 5.19. The Morgan fingerprint density at radius 2 is 2.33 bits per heavy atom. The first-order valence-electron chi connectivity index (χ1n) is 4.65. The fourth-order valence-corrected chi connectivity index (χ4v) is 1.02. The molecular weight excluding hydrogens is 196 g/mol. The normalized spacial score (nSPS) is 9.73. The molecule has 0 aromatic carbocycles. The van der Waals surface area contributed by atoms with E-state index in [2.05, 4.69) is 9.72 Å². The van der Waals surface area contributed by atoms with Crippen molar-refractivity contribution >= 4 is 11.7 Å². The van der Waals surface area contributed by atoms with Crippen molar-refractivity contribution in [1.82, 2.24) is 4.98 Å². The van der Waals surface area contributed by atoms with E-state index in [1.807, 2.05) is 6.92 Å². The van der Waals surface area contributed by atoms with Crippen LogP contribution < -0.4 is 10.5 Å². The number of hydrogen-bond donors (Lipinski definition) is 1. The Kier molecular flexibility index (Phi) is 3.91. The number of pyridine rings is 1. The van der Waals surface area contributed by atoms with Crippen LogP contribution in [-0.4, -0.2) is 24.7 Å². The molecule has 1 heterocycles. The zero-order chi connectivity index (χ0) is 11.3. The van der Waals surface area contributed by atoms with Crippen LogP contribution in [0.2, 0.25) is 0 Å². The monoisotopic (exact) mass is 210 g/mol. The van der Waals surface area contributed by atoms with E-state index >= 15 is 0 Å². The van der Waals surface area contributed by atoms with Gasteiger partial charge < -0.3 is 15.2 Å². The number of rotatable bonds is 4. The highest BCUT2D eigenvalue weighted by Crippen LogP contribution is 2.17. The Morgan fingerprint density at radius 1 is 1.60 bits per heavy atom. The van der Waals surface area contributed by atoms with Gasteiger partial charge in [0.25, 0.3) is 0 Å². The smallest absolute Gasteiger partial charge is 0.340 e. The van der Waals surface area contributed by atoms with Crippen molar-refractivity contribution in [2.24, 2.45) is 0 Å². The first-order valence-corrected chi connectivity index (χ1v) is 4.65. The van der Waals surface area contributed by atoms with Crippen LogP contribution >= 0.6 is 0 Å². The molecule has 0 aliphatic heterocycles. The highest BCUT2D eigenvalue weighted by Gasteiger charge is 2.11. The third-order valence-electron chi connectivity index (χ3n) is 1.77. The molecule has 0 amide bonds. The molecule has 5 heteroatoms. The summed E-state index contributed by atoms with van der Waals surface area (Å²) in [7, 11) is 1.30. The molecule has 82 valence electrons. The van der Waals surface area contributed by atoms with Crippen LogP contribution in [0, 0.1) is 0 Å². The van der Waals surface area contributed by atoms with Gasteiger partial charge in [-0.2, -0.15) is 0 Å². The molecule has 2 N–H and O–H groups in total. The first-order chi connectivity index (χ1) is 7.19. The lowest BCUT2D eigenvalue weighted by molar-refractivity contribution is 0.0601. The minimum absolute atomic E-state index is 0.276. The van der Waals surface area contributed by atoms with E-state index in [0.29, 0.717) is 12.5 Å². The zero-order valence-corrected chi connectivity index (χ0v) is 8.82. The Hall–Kier alpha value is -1.78. The summed E-state index contributed by atoms with van der Waals surface area (Å²) in [5, 5.41) is 0. The summed E-state index contributed by atoms with van der Waals surface area (Å²) < 4.78 is 9.85. The van der Waals surface area contributed by atoms with E-state index in [4.69, 9.17) is 10.5 Å². The minimum atomic E-state index is -0.490. The molecule has 0 atom stereocenters. The minimum Gasteiger partial charge on any atom is -0.478 e. The Labute approximate surface area is 88.2 Å². The quantitative estimate of drug-likeness (QED) is 0.757. The fraction of sp³-hybridized carbons (Fsp3) is 0.400. The SMILES string of the molecule is CCCOc1cc(C(=O)OC)c(N)cn1. The van der Waals surface area contributed by atoms with E-state index in [1.54, 1.807) is 0 Å². The van der Waals surface area contributed by atoms with E-state index in [1.165, 1.54) is 19.4 Å². The van der Waals surface area contributed by atoms with E-state index in [9.17, 15) is 4.79 Å². The van der Waals surface area contributed by atoms with Gasteiger partial charge in [-0.15, -0.1) is 0 Å². The van der Waals surface area contributed by atoms with Gasteiger partial charge in [0.2, 0.25) is 5.88 Å². The summed E-state index contributed by atoms with van der Waals surface area (Å²) in [5.74, 6) is -0.109. The van der Waals surface area contributed by atoms with Gasteiger partial charge >= 0.3 is 5.97 Å². The number of carbonyl (C=O) groups excluding carboxylic acids is 1. The van der Waals surface area contributed by atoms with Crippen LogP contribution in [0.5, 0.6) is 5.88 Å². The summed E-state index contributed by atoms with van der Waals surface area (Å²) in [5.41, 5.74) is 6.14. The van der Waals surface area contributed by atoms with Crippen LogP contribution in [-0.2, 0) is 4.74 Å². The summed E-state index contributed by atoms with van der Waals surface area (Å²) in [6, 6.07) is 1.48. The molecule has 15 heavy (non-hydrogen) atoms. The molecule has 0 radical (unpaired) electrons. The Balaban J connectivity index is 2.89. The van der Waals surface area contributed by atoms with Crippen molar-refractivity contribution in [3.8, 4) is 5.88 Å². The number of ether oxygens (including phenoxy) is 2. The largest absolute Gasteiger partial charge is 0.478 e. The van der Waals surface area contributed by atoms with Crippen molar-refractivity contribution in [2.45, 2.75) is 13.3 Å². The molecule has 0 spiro atoms. The predicted molar refractivity (Wildman–Crippen MR) is 55.8 cm³/mol. The maximum absolute atomic E-state index is 11.3. The van der Waals surface area contributed by atoms with Crippen LogP contribution in [0.4, 0.5) is 5.69 Å². The molecule has 0 aliphatic carbocycles. The second-order valence-corrected chi connectivity index (χ2v) is 2.95. The highest BCUT2D eigenvalue weighted by atomic mass is 16.5. The maximum Gasteiger partial charge on any atom is 0.340 e. The number of aromatic nitrogens is 1. The average Bonchev–Trinajstić information content (AvgIpc) is 2.27. The van der Waals surface area contributed by atoms with E-state index in [-0.39, 0.29) is 11.3 Å². The lowest BCUT2D eigenvalue weighted by Gasteiger charge is -2.06. The number of methoxy groups -OCH3 is 1. The maximum atomic E-state index is 11.3. The number of hydrogen-bond acceptors (Lipinski definition) is 5. The number of esters is 1. The molecule has 0 aliphatic rings. The average molecular weight is 210 g/mol. The van der Waals surface area contributed by atoms with Gasteiger partial charge in [0.15, 0.2) is 0 Å². The number of nitrogen functional groups attached to an aromatic ring is 1. The van der Waals surface area contributed by atoms with Crippen LogP contribution in [0.1, 0.15) is 23.7 Å². The van der Waals surface area contributed by atoms with Gasteiger partial charge in [0.1, 0.15) is 0 Å². The van der Waals surface area contributed by atoms with Crippen molar-refractivity contribution in [3.63, 3.8) is 0 Å². The molecule has 1 rings (SSSR count). The summed E-state index contributed by atoms with van der Waals surface area (Å²) in [6.45, 7) is 2.54. The molecule has 0 fully saturated rings. The molecule has 1 aromatic heterocycles. The van der Waals surface area contributed by atoms with Crippen LogP contribution in [0.25, 0.3) is 0 Å². The molecule has 0 unspecified atom stereocenters. The molecule has 0 saturated heterocycles. The number of nitrogens with zero attached hydrogens (tertiary/aromatic N) is 1. The molecule has 5 nitrogen and oxygen atoms in total. The Bertz CT molecular complexity index is 353. The topological polar surface area (TPSA) is 74.4 Å². The zero-order valence-electron chi connectivity index (χ0n) is 8.82. The van der Waals surface area contributed by atoms with Gasteiger partial charge in [-0.3, -0.25) is 0 Å². The third kappa shape index (κ3) is 2.83. The highest BCUT2D eigenvalue weighted by molar-refractivity contribution is 5.95. The first kappa shape index (κ1) is 11.3. The van der Waals surface area contributed by atoms with Crippen molar-refractivity contribution < 1.29 is 14.3 Å². The van der Waals surface area contributed by atoms with E-state index in [0.717, 1.165) is 6.42 Å². The van der Waals surface area contributed by atoms with Crippen LogP contribution in [0.3, 0.4) is 0 Å². The van der Waals surface area contributed by atoms with Gasteiger partial charge in [-0.25, -0.2) is 9.78 Å². The van der Waals surface area contributed by atoms with Gasteiger partial charge in [-0.1, -0.05) is 6.92 Å². The fourth-order valence-electron chi connectivity index (χ4n) is 1.02. The summed E-state index contributed by atoms with van der Waals surface area (Å²) in [4.78, 5) is 15.2. The van der Waals surface area contributed by atoms with Crippen molar-refractivity contribution in [2.75, 3.05) is 19.5 Å². The summed E-state index contributed by atoms with van der Waals surface area (Å²) >= 11 is 0. The second-order valence-electron chi connectivity index (χ2n) is 2.95. The van der Waals surface area contributed by atoms with Gasteiger partial charge in [0.05, 0.1) is 31.2 Å². The Morgan fingerprint density at radius 3 is 2.93 bits per heavy atom. The molecule has 1 aromatic rings. The van der Waals surface area contributed by atoms with Crippen LogP contribution in [0.15, 0.2) is 12.3 Å². The predicted octanol–water partition coefficient (Wildman–Crippen LogP) is 1.24. The van der Waals surface area contributed by atoms with Crippen molar-refractivity contribution in [3.05, 3.63) is 17.8 Å². The number of carbonyl (C=O) groups is 1. The summed E-state index contributed by atoms with van der Waals surface area (Å²) in [6.07, 6.45) is 2.26. The standard InChI is InChI=1S/C10H14N2O3/c1-3-4-15-9-5-7(10(13)14-2)8(11)6-12-9/h5-6H,3-4,11H2,1-2H3. The lowest BCUT2D eigenvalue weighted by Crippen LogP contribution is -2.07.